The molecule has 0 aromatic heterocycles. The Bertz CT molecular complexity index is 1110. The fourth-order valence-corrected chi connectivity index (χ4v) is 5.51. The number of aliphatic hydroxyl groups is 1. The number of esters is 2. The van der Waals surface area contributed by atoms with Crippen molar-refractivity contribution in [2.75, 3.05) is 47.5 Å². The Balaban J connectivity index is 4.54. The lowest BCUT2D eigenvalue weighted by molar-refractivity contribution is -0.870. The molecule has 0 saturated heterocycles. The maximum Gasteiger partial charge on any atom is 0.306 e. The van der Waals surface area contributed by atoms with E-state index in [0.717, 1.165) is 77.0 Å². The van der Waals surface area contributed by atoms with Crippen LogP contribution in [0, 0.1) is 0 Å². The molecule has 0 heterocycles. The number of ether oxygens (including phenoxy) is 2. The first kappa shape index (κ1) is 50.7. The van der Waals surface area contributed by atoms with E-state index >= 15 is 0 Å². The smallest absolute Gasteiger partial charge is 0.306 e. The van der Waals surface area contributed by atoms with E-state index in [4.69, 9.17) is 18.5 Å². The Morgan fingerprint density at radius 1 is 0.679 bits per heavy atom. The molecule has 0 aliphatic heterocycles. The average molecular weight is 768 g/mol. The number of hydrogen-bond acceptors (Lipinski definition) is 9. The number of carbonyl (C=O) groups excluding carboxylic acids is 2. The van der Waals surface area contributed by atoms with Gasteiger partial charge >= 0.3 is 11.9 Å². The molecule has 0 bridgehead atoms. The molecule has 306 valence electrons. The van der Waals surface area contributed by atoms with E-state index in [9.17, 15) is 24.2 Å². The predicted octanol–water partition coefficient (Wildman–Crippen LogP) is 9.24. The van der Waals surface area contributed by atoms with Gasteiger partial charge in [-0.1, -0.05) is 107 Å². The van der Waals surface area contributed by atoms with Gasteiger partial charge in [0.25, 0.3) is 7.82 Å². The minimum Gasteiger partial charge on any atom is -0.756 e. The fraction of sp³-hybridized carbons (Fsp3) is 0.714. The van der Waals surface area contributed by atoms with Gasteiger partial charge in [-0.05, 0) is 77.0 Å². The fourth-order valence-electron chi connectivity index (χ4n) is 4.78. The van der Waals surface area contributed by atoms with Crippen LogP contribution >= 0.6 is 7.82 Å². The van der Waals surface area contributed by atoms with Gasteiger partial charge in [0.1, 0.15) is 19.8 Å². The average Bonchev–Trinajstić information content (AvgIpc) is 3.10. The summed E-state index contributed by atoms with van der Waals surface area (Å²) in [6, 6.07) is 0. The number of rotatable bonds is 35. The summed E-state index contributed by atoms with van der Waals surface area (Å²) < 4.78 is 33.7. The van der Waals surface area contributed by atoms with E-state index in [1.165, 1.54) is 12.8 Å². The highest BCUT2D eigenvalue weighted by atomic mass is 31.2. The highest BCUT2D eigenvalue weighted by Crippen LogP contribution is 2.38. The molecule has 1 unspecified atom stereocenters. The molecule has 0 radical (unpaired) electrons. The topological polar surface area (TPSA) is 131 Å². The van der Waals surface area contributed by atoms with Gasteiger partial charge in [-0.25, -0.2) is 0 Å². The first-order valence-electron chi connectivity index (χ1n) is 20.1. The van der Waals surface area contributed by atoms with Gasteiger partial charge in [-0.2, -0.15) is 0 Å². The summed E-state index contributed by atoms with van der Waals surface area (Å²) in [6.45, 7) is 3.79. The second-order valence-electron chi connectivity index (χ2n) is 14.4. The zero-order valence-corrected chi connectivity index (χ0v) is 34.7. The minimum absolute atomic E-state index is 0.0512. The molecule has 0 saturated carbocycles. The molecule has 11 heteroatoms. The van der Waals surface area contributed by atoms with Crippen LogP contribution in [-0.4, -0.2) is 81.2 Å². The molecule has 0 aromatic rings. The third-order valence-electron chi connectivity index (χ3n) is 8.17. The van der Waals surface area contributed by atoms with Crippen LogP contribution in [0.2, 0.25) is 0 Å². The molecule has 0 aromatic carbocycles. The van der Waals surface area contributed by atoms with Crippen LogP contribution in [0.15, 0.2) is 60.8 Å². The molecule has 0 aliphatic rings. The van der Waals surface area contributed by atoms with Gasteiger partial charge < -0.3 is 33.0 Å². The minimum atomic E-state index is -4.65. The molecular weight excluding hydrogens is 693 g/mol. The number of quaternary nitrogens is 1. The predicted molar refractivity (Wildman–Crippen MR) is 214 cm³/mol. The molecule has 10 nitrogen and oxygen atoms in total. The number of aliphatic hydroxyl groups excluding tert-OH is 1. The second kappa shape index (κ2) is 34.2. The van der Waals surface area contributed by atoms with Crippen LogP contribution in [0.4, 0.5) is 0 Å². The Hall–Kier alpha value is -2.33. The summed E-state index contributed by atoms with van der Waals surface area (Å²) in [4.78, 5) is 37.3. The summed E-state index contributed by atoms with van der Waals surface area (Å²) in [7, 11) is 1.09. The first-order chi connectivity index (χ1) is 25.4. The van der Waals surface area contributed by atoms with E-state index in [1.54, 1.807) is 0 Å². The number of likely N-dealkylation sites (N-methyl/N-ethyl adjacent to an activating group) is 1. The Labute approximate surface area is 322 Å². The van der Waals surface area contributed by atoms with Crippen molar-refractivity contribution in [3.05, 3.63) is 60.8 Å². The monoisotopic (exact) mass is 768 g/mol. The van der Waals surface area contributed by atoms with Crippen LogP contribution in [0.1, 0.15) is 136 Å². The van der Waals surface area contributed by atoms with Gasteiger partial charge in [0.15, 0.2) is 6.10 Å². The molecule has 0 spiro atoms. The lowest BCUT2D eigenvalue weighted by atomic mass is 10.1. The van der Waals surface area contributed by atoms with Crippen molar-refractivity contribution in [3.8, 4) is 0 Å². The summed E-state index contributed by atoms with van der Waals surface area (Å²) in [5.74, 6) is -0.938. The van der Waals surface area contributed by atoms with Crippen molar-refractivity contribution in [2.24, 2.45) is 0 Å². The molecule has 0 amide bonds. The zero-order chi connectivity index (χ0) is 39.5. The van der Waals surface area contributed by atoms with Crippen molar-refractivity contribution in [1.29, 1.82) is 0 Å². The van der Waals surface area contributed by atoms with Gasteiger partial charge in [-0.15, -0.1) is 0 Å². The third kappa shape index (κ3) is 37.8. The van der Waals surface area contributed by atoms with Crippen LogP contribution < -0.4 is 4.89 Å². The molecule has 1 N–H and O–H groups in total. The van der Waals surface area contributed by atoms with E-state index in [2.05, 4.69) is 55.5 Å². The van der Waals surface area contributed by atoms with E-state index in [1.807, 2.05) is 40.2 Å². The molecule has 0 rings (SSSR count). The van der Waals surface area contributed by atoms with Crippen molar-refractivity contribution < 1.29 is 47.2 Å². The highest BCUT2D eigenvalue weighted by Gasteiger charge is 2.21. The van der Waals surface area contributed by atoms with Crippen molar-refractivity contribution in [2.45, 2.75) is 148 Å². The van der Waals surface area contributed by atoms with Crippen molar-refractivity contribution in [1.82, 2.24) is 0 Å². The molecule has 0 fully saturated rings. The number of phosphoric acid groups is 1. The van der Waals surface area contributed by atoms with E-state index < -0.39 is 32.5 Å². The molecule has 3 atom stereocenters. The highest BCUT2D eigenvalue weighted by molar-refractivity contribution is 7.45. The van der Waals surface area contributed by atoms with E-state index in [-0.39, 0.29) is 32.2 Å². The van der Waals surface area contributed by atoms with Crippen molar-refractivity contribution >= 4 is 19.8 Å². The SMILES string of the molecule is CCCC/C=C\CCCCCCCC(=O)OC[C@H](COP(=O)([O-])OCC[N+](C)(C)C)OC(=O)CCC/C=C\C/C=C\C/C=C\C/C=C\CC[C@H](O)CC. The summed E-state index contributed by atoms with van der Waals surface area (Å²) >= 11 is 0. The molecule has 53 heavy (non-hydrogen) atoms. The van der Waals surface area contributed by atoms with Crippen molar-refractivity contribution in [3.63, 3.8) is 0 Å². The van der Waals surface area contributed by atoms with Gasteiger partial charge in [0.2, 0.25) is 0 Å². The van der Waals surface area contributed by atoms with Gasteiger partial charge in [-0.3, -0.25) is 14.2 Å². The zero-order valence-electron chi connectivity index (χ0n) is 33.8. The number of carbonyl (C=O) groups is 2. The largest absolute Gasteiger partial charge is 0.756 e. The number of nitrogens with zero attached hydrogens (tertiary/aromatic N) is 1. The molecule has 0 aliphatic carbocycles. The maximum absolute atomic E-state index is 12.6. The Morgan fingerprint density at radius 3 is 1.83 bits per heavy atom. The summed E-state index contributed by atoms with van der Waals surface area (Å²) in [5.41, 5.74) is 0. The lowest BCUT2D eigenvalue weighted by Crippen LogP contribution is -2.37. The normalized spacial score (nSPS) is 14.9. The summed E-state index contributed by atoms with van der Waals surface area (Å²) in [6.07, 6.45) is 36.3. The van der Waals surface area contributed by atoms with Gasteiger partial charge in [0.05, 0.1) is 33.9 Å². The lowest BCUT2D eigenvalue weighted by Gasteiger charge is -2.28. The quantitative estimate of drug-likeness (QED) is 0.0220. The number of hydrogen-bond donors (Lipinski definition) is 1. The van der Waals surface area contributed by atoms with Crippen LogP contribution in [-0.2, 0) is 32.7 Å². The Morgan fingerprint density at radius 2 is 1.21 bits per heavy atom. The first-order valence-corrected chi connectivity index (χ1v) is 21.5. The standard InChI is InChI=1S/C42H74NO9P/c1-6-8-9-10-11-12-17-21-24-27-30-33-41(45)49-37-40(38-51-53(47,48)50-36-35-43(3,4)5)52-42(46)34-31-28-25-22-19-16-14-13-15-18-20-23-26-29-32-39(44)7-2/h10-11,14-16,18,22-23,25-26,39-40,44H,6-9,12-13,17,19-21,24,27-38H2,1-5H3/b11-10-,16-14-,18-15-,25-22-,26-23-/t39-,40-/m1/s1. The van der Waals surface area contributed by atoms with Crippen LogP contribution in [0.5, 0.6) is 0 Å². The summed E-state index contributed by atoms with van der Waals surface area (Å²) in [5, 5.41) is 9.56. The number of allylic oxidation sites excluding steroid dienone is 10. The number of unbranched alkanes of at least 4 members (excludes halogenated alkanes) is 8. The molecular formula is C42H74NO9P. The third-order valence-corrected chi connectivity index (χ3v) is 9.14. The van der Waals surface area contributed by atoms with Gasteiger partial charge in [0, 0.05) is 12.8 Å². The van der Waals surface area contributed by atoms with E-state index in [0.29, 0.717) is 30.3 Å². The maximum atomic E-state index is 12.6. The van der Waals surface area contributed by atoms with Crippen LogP contribution in [0.3, 0.4) is 0 Å². The second-order valence-corrected chi connectivity index (χ2v) is 15.8. The van der Waals surface area contributed by atoms with Crippen LogP contribution in [0.25, 0.3) is 0 Å². The Kier molecular flexibility index (Phi) is 32.7. The number of phosphoric ester groups is 1.